The van der Waals surface area contributed by atoms with Crippen LogP contribution in [0.5, 0.6) is 0 Å². The molecule has 4 bridgehead atoms. The number of carbonyl (C=O) groups is 2. The number of hydrogen-bond acceptors (Lipinski definition) is 5. The molecule has 5 nitrogen and oxygen atoms in total. The molecular weight excluding hydrogens is 477 g/mol. The number of aliphatic hydroxyl groups is 1. The van der Waals surface area contributed by atoms with Gasteiger partial charge in [-0.15, -0.1) is 0 Å². The van der Waals surface area contributed by atoms with Crippen LogP contribution in [0.25, 0.3) is 0 Å². The normalized spacial score (nSPS) is 33.0. The average Bonchev–Trinajstić information content (AvgIpc) is 2.63. The van der Waals surface area contributed by atoms with E-state index >= 15 is 0 Å². The quantitative estimate of drug-likeness (QED) is 0.339. The van der Waals surface area contributed by atoms with Crippen LogP contribution in [-0.4, -0.2) is 59.3 Å². The van der Waals surface area contributed by atoms with Gasteiger partial charge in [0.15, 0.2) is 0 Å². The molecule has 34 heavy (non-hydrogen) atoms. The Morgan fingerprint density at radius 3 is 2.00 bits per heavy atom. The van der Waals surface area contributed by atoms with Gasteiger partial charge in [0, 0.05) is 18.8 Å². The van der Waals surface area contributed by atoms with Crippen LogP contribution in [0.3, 0.4) is 0 Å². The summed E-state index contributed by atoms with van der Waals surface area (Å²) in [6.45, 7) is -0.964. The Morgan fingerprint density at radius 2 is 1.56 bits per heavy atom. The van der Waals surface area contributed by atoms with Gasteiger partial charge in [-0.1, -0.05) is 0 Å². The highest BCUT2D eigenvalue weighted by Crippen LogP contribution is 2.62. The first-order chi connectivity index (χ1) is 15.4. The van der Waals surface area contributed by atoms with E-state index < -0.39 is 72.4 Å². The number of alkyl halides is 7. The topological polar surface area (TPSA) is 72.8 Å². The number of ketones is 1. The van der Waals surface area contributed by atoms with E-state index in [1.165, 1.54) is 6.92 Å². The summed E-state index contributed by atoms with van der Waals surface area (Å²) < 4.78 is 105. The van der Waals surface area contributed by atoms with Crippen LogP contribution in [-0.2, 0) is 19.1 Å². The SMILES string of the molecule is CCOC(=O)C(CC(=O)C12CC3CC(CC(O)(C3)C1)C2)(OCCC(F)(F)C(C)(F)F)C(F)(F)F. The number of carbonyl (C=O) groups excluding carboxylic acids is 2. The molecule has 4 fully saturated rings. The van der Waals surface area contributed by atoms with Crippen molar-refractivity contribution in [2.24, 2.45) is 17.3 Å². The summed E-state index contributed by atoms with van der Waals surface area (Å²) >= 11 is 0. The van der Waals surface area contributed by atoms with Crippen molar-refractivity contribution in [3.63, 3.8) is 0 Å². The zero-order valence-corrected chi connectivity index (χ0v) is 19.0. The summed E-state index contributed by atoms with van der Waals surface area (Å²) in [6.07, 6.45) is -6.83. The summed E-state index contributed by atoms with van der Waals surface area (Å²) in [7, 11) is 0. The fourth-order valence-corrected chi connectivity index (χ4v) is 6.25. The van der Waals surface area contributed by atoms with E-state index in [-0.39, 0.29) is 38.0 Å². The van der Waals surface area contributed by atoms with Crippen LogP contribution in [0.4, 0.5) is 30.7 Å². The number of rotatable bonds is 10. The molecule has 3 unspecified atom stereocenters. The third-order valence-electron chi connectivity index (χ3n) is 7.50. The third kappa shape index (κ3) is 4.81. The molecule has 0 aliphatic heterocycles. The van der Waals surface area contributed by atoms with Gasteiger partial charge >= 0.3 is 24.0 Å². The minimum atomic E-state index is -5.56. The largest absolute Gasteiger partial charge is 0.464 e. The standard InChI is InChI=1S/C22H29F7O5/c1-3-33-16(31)20(22(27,28)29,34-5-4-21(25,26)17(2,23)24)11-15(30)18-7-13-6-14(8-18)10-19(32,9-13)12-18/h13-14,32H,3-12H2,1-2H3. The maximum absolute atomic E-state index is 14.2. The lowest BCUT2D eigenvalue weighted by atomic mass is 9.46. The molecule has 0 radical (unpaired) electrons. The highest BCUT2D eigenvalue weighted by atomic mass is 19.4. The molecule has 0 amide bonds. The summed E-state index contributed by atoms with van der Waals surface area (Å²) in [5, 5.41) is 10.8. The highest BCUT2D eigenvalue weighted by molar-refractivity contribution is 5.93. The fraction of sp³-hybridized carbons (Fsp3) is 0.909. The number of esters is 1. The molecular formula is C22H29F7O5. The molecule has 0 spiro atoms. The number of hydrogen-bond donors (Lipinski definition) is 1. The summed E-state index contributed by atoms with van der Waals surface area (Å²) in [4.78, 5) is 25.8. The van der Waals surface area contributed by atoms with Gasteiger partial charge in [0.1, 0.15) is 5.78 Å². The lowest BCUT2D eigenvalue weighted by Crippen LogP contribution is -2.62. The summed E-state index contributed by atoms with van der Waals surface area (Å²) in [5.41, 5.74) is -6.41. The van der Waals surface area contributed by atoms with Gasteiger partial charge < -0.3 is 14.6 Å². The van der Waals surface area contributed by atoms with Gasteiger partial charge in [-0.05, 0) is 57.3 Å². The highest BCUT2D eigenvalue weighted by Gasteiger charge is 2.68. The first-order valence-corrected chi connectivity index (χ1v) is 11.3. The van der Waals surface area contributed by atoms with Crippen molar-refractivity contribution in [2.45, 2.75) is 94.4 Å². The Balaban J connectivity index is 1.89. The van der Waals surface area contributed by atoms with Crippen molar-refractivity contribution < 1.29 is 54.9 Å². The first-order valence-electron chi connectivity index (χ1n) is 11.3. The first kappa shape index (κ1) is 27.2. The molecule has 0 saturated heterocycles. The Hall–Kier alpha value is -1.43. The molecule has 196 valence electrons. The number of halogens is 7. The Morgan fingerprint density at radius 1 is 1.00 bits per heavy atom. The van der Waals surface area contributed by atoms with Gasteiger partial charge in [-0.2, -0.15) is 22.0 Å². The average molecular weight is 506 g/mol. The molecule has 4 aliphatic rings. The molecule has 0 heterocycles. The van der Waals surface area contributed by atoms with Crippen LogP contribution < -0.4 is 0 Å². The monoisotopic (exact) mass is 506 g/mol. The Bertz CT molecular complexity index is 792. The second-order valence-corrected chi connectivity index (χ2v) is 10.3. The smallest absolute Gasteiger partial charge is 0.428 e. The van der Waals surface area contributed by atoms with Crippen LogP contribution in [0.1, 0.15) is 65.2 Å². The molecule has 0 aromatic rings. The zero-order valence-electron chi connectivity index (χ0n) is 19.0. The molecule has 12 heteroatoms. The van der Waals surface area contributed by atoms with E-state index in [9.17, 15) is 45.4 Å². The van der Waals surface area contributed by atoms with Gasteiger partial charge in [0.2, 0.25) is 0 Å². The van der Waals surface area contributed by atoms with E-state index in [2.05, 4.69) is 9.47 Å². The van der Waals surface area contributed by atoms with E-state index in [1.54, 1.807) is 0 Å². The van der Waals surface area contributed by atoms with E-state index in [0.717, 1.165) is 6.42 Å². The van der Waals surface area contributed by atoms with Crippen molar-refractivity contribution in [1.82, 2.24) is 0 Å². The Labute approximate surface area is 192 Å². The van der Waals surface area contributed by atoms with Crippen LogP contribution in [0.2, 0.25) is 0 Å². The number of Topliss-reactive ketones (excluding diaryl/α,β-unsaturated/α-hetero) is 1. The number of ether oxygens (including phenoxy) is 2. The van der Waals surface area contributed by atoms with E-state index in [4.69, 9.17) is 0 Å². The van der Waals surface area contributed by atoms with Crippen LogP contribution in [0, 0.1) is 17.3 Å². The predicted molar refractivity (Wildman–Crippen MR) is 103 cm³/mol. The lowest BCUT2D eigenvalue weighted by molar-refractivity contribution is -0.285. The van der Waals surface area contributed by atoms with Gasteiger partial charge in [-0.25, -0.2) is 13.6 Å². The molecule has 0 aromatic heterocycles. The van der Waals surface area contributed by atoms with E-state index in [0.29, 0.717) is 12.8 Å². The van der Waals surface area contributed by atoms with Crippen LogP contribution in [0.15, 0.2) is 0 Å². The van der Waals surface area contributed by atoms with Crippen LogP contribution >= 0.6 is 0 Å². The molecule has 4 aliphatic carbocycles. The molecule has 0 aromatic carbocycles. The lowest BCUT2D eigenvalue weighted by Gasteiger charge is -2.59. The van der Waals surface area contributed by atoms with Crippen molar-refractivity contribution in [3.8, 4) is 0 Å². The maximum atomic E-state index is 14.2. The molecule has 4 saturated carbocycles. The maximum Gasteiger partial charge on any atom is 0.428 e. The van der Waals surface area contributed by atoms with Crippen molar-refractivity contribution in [1.29, 1.82) is 0 Å². The fourth-order valence-electron chi connectivity index (χ4n) is 6.25. The minimum Gasteiger partial charge on any atom is -0.464 e. The minimum absolute atomic E-state index is 0.0514. The van der Waals surface area contributed by atoms with Gasteiger partial charge in [-0.3, -0.25) is 4.79 Å². The summed E-state index contributed by atoms with van der Waals surface area (Å²) in [5.74, 6) is -12.3. The molecule has 1 N–H and O–H groups in total. The van der Waals surface area contributed by atoms with E-state index in [1.807, 2.05) is 0 Å². The zero-order chi connectivity index (χ0) is 25.8. The predicted octanol–water partition coefficient (Wildman–Crippen LogP) is 4.84. The van der Waals surface area contributed by atoms with Gasteiger partial charge in [0.25, 0.3) is 5.60 Å². The second kappa shape index (κ2) is 8.60. The third-order valence-corrected chi connectivity index (χ3v) is 7.50. The Kier molecular flexibility index (Phi) is 6.87. The van der Waals surface area contributed by atoms with Crippen molar-refractivity contribution in [2.75, 3.05) is 13.2 Å². The molecule has 4 rings (SSSR count). The van der Waals surface area contributed by atoms with Crippen molar-refractivity contribution >= 4 is 11.8 Å². The summed E-state index contributed by atoms with van der Waals surface area (Å²) in [6, 6.07) is 0. The van der Waals surface area contributed by atoms with Crippen molar-refractivity contribution in [3.05, 3.63) is 0 Å². The van der Waals surface area contributed by atoms with Gasteiger partial charge in [0.05, 0.1) is 25.2 Å². The second-order valence-electron chi connectivity index (χ2n) is 10.3. The molecule has 3 atom stereocenters.